The Kier molecular flexibility index (Phi) is 4.63. The molecule has 0 radical (unpaired) electrons. The number of benzene rings is 2. The second-order valence-corrected chi connectivity index (χ2v) is 8.04. The molecule has 4 nitrogen and oxygen atoms in total. The summed E-state index contributed by atoms with van der Waals surface area (Å²) in [4.78, 5) is 6.04. The molecule has 1 fully saturated rings. The van der Waals surface area contributed by atoms with Crippen LogP contribution in [-0.2, 0) is 0 Å². The number of nitrogens with one attached hydrogen (secondary N) is 3. The Labute approximate surface area is 170 Å². The summed E-state index contributed by atoms with van der Waals surface area (Å²) in [6.07, 6.45) is 8.38. The Bertz CT molecular complexity index is 1040. The van der Waals surface area contributed by atoms with E-state index >= 15 is 0 Å². The summed E-state index contributed by atoms with van der Waals surface area (Å²) in [7, 11) is 0. The molecule has 3 aromatic rings. The number of H-pyrrole nitrogens is 1. The third-order valence-corrected chi connectivity index (χ3v) is 6.05. The van der Waals surface area contributed by atoms with E-state index in [-0.39, 0.29) is 0 Å². The average Bonchev–Trinajstić information content (AvgIpc) is 3.34. The number of hydrogen-bond donors (Lipinski definition) is 3. The SMILES string of the molecule is S=C(Nc1ccccc1)Nc1ccc2[nH]cc(C3=CCN4CCCC4C3)c2c1. The molecular formula is C23H24N4S. The van der Waals surface area contributed by atoms with Gasteiger partial charge in [-0.25, -0.2) is 0 Å². The van der Waals surface area contributed by atoms with Crippen molar-refractivity contribution >= 4 is 45.2 Å². The summed E-state index contributed by atoms with van der Waals surface area (Å²) < 4.78 is 0. The molecule has 0 aliphatic carbocycles. The Morgan fingerprint density at radius 1 is 1.07 bits per heavy atom. The van der Waals surface area contributed by atoms with Gasteiger partial charge in [0.25, 0.3) is 0 Å². The fourth-order valence-electron chi connectivity index (χ4n) is 4.43. The molecule has 1 unspecified atom stereocenters. The number of anilines is 2. The summed E-state index contributed by atoms with van der Waals surface area (Å²) >= 11 is 5.48. The molecule has 2 aliphatic rings. The van der Waals surface area contributed by atoms with Crippen LogP contribution in [0.5, 0.6) is 0 Å². The van der Waals surface area contributed by atoms with Crippen LogP contribution in [0.25, 0.3) is 16.5 Å². The molecule has 5 rings (SSSR count). The molecule has 0 bridgehead atoms. The molecular weight excluding hydrogens is 364 g/mol. The number of rotatable bonds is 3. The van der Waals surface area contributed by atoms with Crippen LogP contribution in [0.1, 0.15) is 24.8 Å². The van der Waals surface area contributed by atoms with Crippen molar-refractivity contribution in [2.45, 2.75) is 25.3 Å². The minimum atomic E-state index is 0.598. The maximum Gasteiger partial charge on any atom is 0.175 e. The van der Waals surface area contributed by atoms with Crippen LogP contribution in [0.3, 0.4) is 0 Å². The first-order chi connectivity index (χ1) is 13.8. The second-order valence-electron chi connectivity index (χ2n) is 7.63. The summed E-state index contributed by atoms with van der Waals surface area (Å²) in [5.41, 5.74) is 5.94. The van der Waals surface area contributed by atoms with E-state index in [1.54, 1.807) is 0 Å². The minimum Gasteiger partial charge on any atom is -0.361 e. The van der Waals surface area contributed by atoms with Gasteiger partial charge in [0, 0.05) is 46.6 Å². The third-order valence-electron chi connectivity index (χ3n) is 5.84. The first-order valence-electron chi connectivity index (χ1n) is 9.94. The number of aromatic nitrogens is 1. The van der Waals surface area contributed by atoms with Gasteiger partial charge in [0.2, 0.25) is 0 Å². The van der Waals surface area contributed by atoms with Gasteiger partial charge in [-0.3, -0.25) is 4.90 Å². The molecule has 5 heteroatoms. The molecule has 3 heterocycles. The zero-order chi connectivity index (χ0) is 18.9. The Hall–Kier alpha value is -2.63. The Balaban J connectivity index is 1.37. The average molecular weight is 389 g/mol. The molecule has 0 spiro atoms. The summed E-state index contributed by atoms with van der Waals surface area (Å²) in [5, 5.41) is 8.40. The Morgan fingerprint density at radius 2 is 1.93 bits per heavy atom. The van der Waals surface area contributed by atoms with Crippen molar-refractivity contribution in [1.29, 1.82) is 0 Å². The maximum absolute atomic E-state index is 5.48. The lowest BCUT2D eigenvalue weighted by atomic mass is 9.94. The first-order valence-corrected chi connectivity index (χ1v) is 10.3. The van der Waals surface area contributed by atoms with Gasteiger partial charge in [0.1, 0.15) is 0 Å². The predicted octanol–water partition coefficient (Wildman–Crippen LogP) is 5.23. The van der Waals surface area contributed by atoms with Crippen LogP contribution >= 0.6 is 12.2 Å². The number of hydrogen-bond acceptors (Lipinski definition) is 2. The lowest BCUT2D eigenvalue weighted by Crippen LogP contribution is -2.32. The molecule has 2 aliphatic heterocycles. The number of aromatic amines is 1. The van der Waals surface area contributed by atoms with Crippen molar-refractivity contribution in [3.63, 3.8) is 0 Å². The summed E-state index contributed by atoms with van der Waals surface area (Å²) in [6.45, 7) is 2.33. The van der Waals surface area contributed by atoms with Crippen LogP contribution in [0.15, 0.2) is 60.8 Å². The van der Waals surface area contributed by atoms with Gasteiger partial charge in [0.05, 0.1) is 0 Å². The molecule has 1 atom stereocenters. The monoisotopic (exact) mass is 388 g/mol. The van der Waals surface area contributed by atoms with Crippen LogP contribution in [-0.4, -0.2) is 34.1 Å². The fraction of sp³-hybridized carbons (Fsp3) is 0.261. The van der Waals surface area contributed by atoms with Gasteiger partial charge in [-0.2, -0.15) is 0 Å². The van der Waals surface area contributed by atoms with Crippen LogP contribution < -0.4 is 10.6 Å². The molecule has 2 aromatic carbocycles. The van der Waals surface area contributed by atoms with E-state index in [2.05, 4.69) is 51.0 Å². The van der Waals surface area contributed by atoms with Crippen LogP contribution in [0, 0.1) is 0 Å². The van der Waals surface area contributed by atoms with Gasteiger partial charge in [-0.05, 0) is 73.9 Å². The van der Waals surface area contributed by atoms with Crippen molar-refractivity contribution in [2.24, 2.45) is 0 Å². The van der Waals surface area contributed by atoms with E-state index < -0.39 is 0 Å². The highest BCUT2D eigenvalue weighted by molar-refractivity contribution is 7.80. The van der Waals surface area contributed by atoms with E-state index in [1.165, 1.54) is 35.9 Å². The minimum absolute atomic E-state index is 0.598. The fourth-order valence-corrected chi connectivity index (χ4v) is 4.67. The molecule has 1 aromatic heterocycles. The molecule has 0 amide bonds. The quantitative estimate of drug-likeness (QED) is 0.538. The predicted molar refractivity (Wildman–Crippen MR) is 122 cm³/mol. The van der Waals surface area contributed by atoms with Gasteiger partial charge in [0.15, 0.2) is 5.11 Å². The summed E-state index contributed by atoms with van der Waals surface area (Å²) in [5.74, 6) is 0. The molecule has 3 N–H and O–H groups in total. The highest BCUT2D eigenvalue weighted by atomic mass is 32.1. The lowest BCUT2D eigenvalue weighted by molar-refractivity contribution is 0.275. The van der Waals surface area contributed by atoms with Crippen molar-refractivity contribution in [3.8, 4) is 0 Å². The zero-order valence-corrected chi connectivity index (χ0v) is 16.6. The third kappa shape index (κ3) is 3.43. The normalized spacial score (nSPS) is 19.3. The molecule has 28 heavy (non-hydrogen) atoms. The smallest absolute Gasteiger partial charge is 0.175 e. The van der Waals surface area contributed by atoms with Crippen molar-refractivity contribution in [3.05, 3.63) is 66.4 Å². The van der Waals surface area contributed by atoms with Gasteiger partial charge >= 0.3 is 0 Å². The van der Waals surface area contributed by atoms with E-state index in [0.717, 1.165) is 29.9 Å². The van der Waals surface area contributed by atoms with E-state index in [1.807, 2.05) is 30.3 Å². The number of thiocarbonyl (C=S) groups is 1. The van der Waals surface area contributed by atoms with E-state index in [4.69, 9.17) is 12.2 Å². The highest BCUT2D eigenvalue weighted by Gasteiger charge is 2.28. The first kappa shape index (κ1) is 17.5. The van der Waals surface area contributed by atoms with E-state index in [9.17, 15) is 0 Å². The van der Waals surface area contributed by atoms with E-state index in [0.29, 0.717) is 11.2 Å². The van der Waals surface area contributed by atoms with Gasteiger partial charge < -0.3 is 15.6 Å². The Morgan fingerprint density at radius 3 is 2.82 bits per heavy atom. The zero-order valence-electron chi connectivity index (χ0n) is 15.7. The lowest BCUT2D eigenvalue weighted by Gasteiger charge is -2.29. The van der Waals surface area contributed by atoms with Gasteiger partial charge in [-0.15, -0.1) is 0 Å². The second kappa shape index (κ2) is 7.41. The van der Waals surface area contributed by atoms with Crippen LogP contribution in [0.2, 0.25) is 0 Å². The van der Waals surface area contributed by atoms with Crippen molar-refractivity contribution in [1.82, 2.24) is 9.88 Å². The maximum atomic E-state index is 5.48. The number of para-hydroxylation sites is 1. The van der Waals surface area contributed by atoms with Crippen LogP contribution in [0.4, 0.5) is 11.4 Å². The standard InChI is InChI=1S/C23H24N4S/c28-23(25-17-5-2-1-3-6-17)26-18-8-9-22-20(14-18)21(15-24-22)16-10-12-27-11-4-7-19(27)13-16/h1-3,5-6,8-10,14-15,19,24H,4,7,11-13H2,(H2,25,26,28). The highest BCUT2D eigenvalue weighted by Crippen LogP contribution is 2.35. The number of fused-ring (bicyclic) bond motifs is 2. The molecule has 142 valence electrons. The molecule has 1 saturated heterocycles. The topological polar surface area (TPSA) is 43.1 Å². The van der Waals surface area contributed by atoms with Crippen molar-refractivity contribution in [2.75, 3.05) is 23.7 Å². The summed E-state index contributed by atoms with van der Waals surface area (Å²) in [6, 6.07) is 17.1. The number of nitrogens with zero attached hydrogens (tertiary/aromatic N) is 1. The van der Waals surface area contributed by atoms with Gasteiger partial charge in [-0.1, -0.05) is 24.3 Å². The largest absolute Gasteiger partial charge is 0.361 e. The molecule has 0 saturated carbocycles. The van der Waals surface area contributed by atoms with Crippen molar-refractivity contribution < 1.29 is 0 Å².